The van der Waals surface area contributed by atoms with Gasteiger partial charge in [0.2, 0.25) is 0 Å². The predicted molar refractivity (Wildman–Crippen MR) is 77.8 cm³/mol. The normalized spacial score (nSPS) is 12.4. The van der Waals surface area contributed by atoms with Crippen LogP contribution in [0.15, 0.2) is 23.2 Å². The summed E-state index contributed by atoms with van der Waals surface area (Å²) in [5.74, 6) is 0.692. The first kappa shape index (κ1) is 17.0. The van der Waals surface area contributed by atoms with E-state index in [1.54, 1.807) is 12.1 Å². The van der Waals surface area contributed by atoms with Gasteiger partial charge < -0.3 is 20.5 Å². The molecule has 1 rings (SSSR count). The molecule has 0 bridgehead atoms. The molecule has 0 aromatic heterocycles. The Balaban J connectivity index is 2.89. The van der Waals surface area contributed by atoms with Gasteiger partial charge in [-0.2, -0.15) is 8.78 Å². The van der Waals surface area contributed by atoms with Crippen molar-refractivity contribution in [2.75, 3.05) is 7.11 Å². The quantitative estimate of drug-likeness (QED) is 0.647. The minimum absolute atomic E-state index is 0.0247. The number of nitrogens with two attached hydrogens (primary N) is 1. The lowest BCUT2D eigenvalue weighted by atomic mass is 10.1. The van der Waals surface area contributed by atoms with Crippen LogP contribution in [-0.4, -0.2) is 25.2 Å². The van der Waals surface area contributed by atoms with Crippen molar-refractivity contribution in [2.24, 2.45) is 10.7 Å². The van der Waals surface area contributed by atoms with Crippen LogP contribution in [0.4, 0.5) is 8.78 Å². The summed E-state index contributed by atoms with van der Waals surface area (Å²) in [4.78, 5) is 4.12. The second-order valence-electron chi connectivity index (χ2n) is 5.43. The fraction of sp³-hybridized carbons (Fsp3) is 0.500. The number of nitrogens with zero attached hydrogens (tertiary/aromatic N) is 1. The van der Waals surface area contributed by atoms with Gasteiger partial charge in [0.25, 0.3) is 0 Å². The lowest BCUT2D eigenvalue weighted by Gasteiger charge is -2.21. The van der Waals surface area contributed by atoms with Gasteiger partial charge in [-0.15, -0.1) is 0 Å². The molecule has 0 aliphatic heterocycles. The van der Waals surface area contributed by atoms with E-state index in [9.17, 15) is 8.78 Å². The number of benzene rings is 1. The molecule has 0 unspecified atom stereocenters. The first-order valence-corrected chi connectivity index (χ1v) is 6.41. The van der Waals surface area contributed by atoms with E-state index in [-0.39, 0.29) is 23.8 Å². The molecule has 0 radical (unpaired) electrons. The predicted octanol–water partition coefficient (Wildman–Crippen LogP) is 2.50. The largest absolute Gasteiger partial charge is 0.497 e. The highest BCUT2D eigenvalue weighted by Gasteiger charge is 2.12. The van der Waals surface area contributed by atoms with Gasteiger partial charge in [0.15, 0.2) is 5.96 Å². The van der Waals surface area contributed by atoms with Crippen molar-refractivity contribution in [3.63, 3.8) is 0 Å². The standard InChI is InChI=1S/C14H21F2N3O2/c1-14(2,3)19-13(17)18-8-9-5-6-10(20-4)7-11(9)21-12(15)16/h5-7,12H,8H2,1-4H3,(H3,17,18,19). The average molecular weight is 301 g/mol. The zero-order chi connectivity index (χ0) is 16.0. The highest BCUT2D eigenvalue weighted by atomic mass is 19.3. The van der Waals surface area contributed by atoms with Crippen LogP contribution in [-0.2, 0) is 6.54 Å². The topological polar surface area (TPSA) is 68.9 Å². The monoisotopic (exact) mass is 301 g/mol. The molecule has 5 nitrogen and oxygen atoms in total. The molecule has 0 atom stereocenters. The number of rotatable bonds is 5. The number of hydrogen-bond donors (Lipinski definition) is 2. The van der Waals surface area contributed by atoms with Crippen LogP contribution < -0.4 is 20.5 Å². The zero-order valence-corrected chi connectivity index (χ0v) is 12.6. The van der Waals surface area contributed by atoms with E-state index >= 15 is 0 Å². The van der Waals surface area contributed by atoms with Gasteiger partial charge in [-0.1, -0.05) is 0 Å². The van der Waals surface area contributed by atoms with Crippen LogP contribution in [0.5, 0.6) is 11.5 Å². The Morgan fingerprint density at radius 2 is 2.05 bits per heavy atom. The summed E-state index contributed by atoms with van der Waals surface area (Å²) in [6.45, 7) is 3.03. The number of nitrogens with one attached hydrogen (secondary N) is 1. The fourth-order valence-corrected chi connectivity index (χ4v) is 1.59. The van der Waals surface area contributed by atoms with Crippen molar-refractivity contribution in [1.82, 2.24) is 5.32 Å². The average Bonchev–Trinajstić information content (AvgIpc) is 2.34. The van der Waals surface area contributed by atoms with Crippen molar-refractivity contribution in [1.29, 1.82) is 0 Å². The maximum atomic E-state index is 12.4. The van der Waals surface area contributed by atoms with E-state index in [4.69, 9.17) is 10.5 Å². The minimum atomic E-state index is -2.91. The van der Waals surface area contributed by atoms with Crippen molar-refractivity contribution in [3.05, 3.63) is 23.8 Å². The molecular weight excluding hydrogens is 280 g/mol. The summed E-state index contributed by atoms with van der Waals surface area (Å²) < 4.78 is 34.3. The first-order chi connectivity index (χ1) is 9.71. The molecule has 7 heteroatoms. The van der Waals surface area contributed by atoms with Crippen LogP contribution in [0.25, 0.3) is 0 Å². The third-order valence-electron chi connectivity index (χ3n) is 2.41. The molecule has 0 aliphatic rings. The molecule has 0 aliphatic carbocycles. The lowest BCUT2D eigenvalue weighted by molar-refractivity contribution is -0.0505. The summed E-state index contributed by atoms with van der Waals surface area (Å²) in [5.41, 5.74) is 6.01. The fourth-order valence-electron chi connectivity index (χ4n) is 1.59. The molecule has 21 heavy (non-hydrogen) atoms. The molecule has 118 valence electrons. The molecule has 0 fully saturated rings. The van der Waals surface area contributed by atoms with Gasteiger partial charge in [0.1, 0.15) is 11.5 Å². The molecule has 0 saturated carbocycles. The van der Waals surface area contributed by atoms with Crippen molar-refractivity contribution in [2.45, 2.75) is 39.5 Å². The third kappa shape index (κ3) is 6.29. The molecule has 1 aromatic rings. The van der Waals surface area contributed by atoms with E-state index in [1.807, 2.05) is 20.8 Å². The third-order valence-corrected chi connectivity index (χ3v) is 2.41. The Morgan fingerprint density at radius 1 is 1.38 bits per heavy atom. The summed E-state index contributed by atoms with van der Waals surface area (Å²) in [6, 6.07) is 4.66. The highest BCUT2D eigenvalue weighted by Crippen LogP contribution is 2.27. The van der Waals surface area contributed by atoms with Gasteiger partial charge in [-0.3, -0.25) is 0 Å². The van der Waals surface area contributed by atoms with Gasteiger partial charge in [-0.05, 0) is 32.9 Å². The van der Waals surface area contributed by atoms with Gasteiger partial charge in [-0.25, -0.2) is 4.99 Å². The second kappa shape index (κ2) is 7.10. The summed E-state index contributed by atoms with van der Waals surface area (Å²) in [7, 11) is 1.45. The zero-order valence-electron chi connectivity index (χ0n) is 12.6. The molecule has 0 amide bonds. The summed E-state index contributed by atoms with van der Waals surface area (Å²) in [5, 5.41) is 2.99. The van der Waals surface area contributed by atoms with Crippen LogP contribution in [0.2, 0.25) is 0 Å². The van der Waals surface area contributed by atoms with Gasteiger partial charge >= 0.3 is 6.61 Å². The van der Waals surface area contributed by atoms with Crippen LogP contribution >= 0.6 is 0 Å². The smallest absolute Gasteiger partial charge is 0.387 e. The number of guanidine groups is 1. The summed E-state index contributed by atoms with van der Waals surface area (Å²) in [6.07, 6.45) is 0. The van der Waals surface area contributed by atoms with Crippen LogP contribution in [0.1, 0.15) is 26.3 Å². The molecule has 1 aromatic carbocycles. The van der Waals surface area contributed by atoms with Crippen molar-refractivity contribution < 1.29 is 18.3 Å². The van der Waals surface area contributed by atoms with E-state index in [2.05, 4.69) is 15.0 Å². The molecule has 0 saturated heterocycles. The van der Waals surface area contributed by atoms with E-state index in [1.165, 1.54) is 13.2 Å². The van der Waals surface area contributed by atoms with Crippen LogP contribution in [0.3, 0.4) is 0 Å². The van der Waals surface area contributed by atoms with E-state index in [0.717, 1.165) is 0 Å². The van der Waals surface area contributed by atoms with Gasteiger partial charge in [0, 0.05) is 17.2 Å². The number of halogens is 2. The molecule has 0 spiro atoms. The number of ether oxygens (including phenoxy) is 2. The molecular formula is C14H21F2N3O2. The number of methoxy groups -OCH3 is 1. The lowest BCUT2D eigenvalue weighted by Crippen LogP contribution is -2.44. The Kier molecular flexibility index (Phi) is 5.75. The van der Waals surface area contributed by atoms with E-state index in [0.29, 0.717) is 11.3 Å². The molecule has 3 N–H and O–H groups in total. The maximum absolute atomic E-state index is 12.4. The first-order valence-electron chi connectivity index (χ1n) is 6.41. The van der Waals surface area contributed by atoms with Crippen LogP contribution in [0, 0.1) is 0 Å². The highest BCUT2D eigenvalue weighted by molar-refractivity contribution is 5.78. The summed E-state index contributed by atoms with van der Waals surface area (Å²) >= 11 is 0. The Morgan fingerprint density at radius 3 is 2.57 bits per heavy atom. The Bertz CT molecular complexity index is 499. The maximum Gasteiger partial charge on any atom is 0.387 e. The minimum Gasteiger partial charge on any atom is -0.497 e. The Labute approximate surface area is 123 Å². The number of alkyl halides is 2. The number of hydrogen-bond acceptors (Lipinski definition) is 3. The second-order valence-corrected chi connectivity index (χ2v) is 5.43. The van der Waals surface area contributed by atoms with Gasteiger partial charge in [0.05, 0.1) is 13.7 Å². The molecule has 0 heterocycles. The van der Waals surface area contributed by atoms with Crippen molar-refractivity contribution >= 4 is 5.96 Å². The SMILES string of the molecule is COc1ccc(CN=C(N)NC(C)(C)C)c(OC(F)F)c1. The van der Waals surface area contributed by atoms with Crippen molar-refractivity contribution in [3.8, 4) is 11.5 Å². The number of aliphatic imine (C=N–C) groups is 1. The Hall–Kier alpha value is -2.05. The van der Waals surface area contributed by atoms with E-state index < -0.39 is 6.61 Å².